The second kappa shape index (κ2) is 9.67. The summed E-state index contributed by atoms with van der Waals surface area (Å²) in [5, 5.41) is 6.11. The molecule has 2 amide bonds. The van der Waals surface area contributed by atoms with Crippen LogP contribution in [0.25, 0.3) is 10.9 Å². The van der Waals surface area contributed by atoms with Gasteiger partial charge in [-0.1, -0.05) is 41.9 Å². The molecular formula is C22H23BrN4O3. The molecule has 0 aliphatic carbocycles. The largest absolute Gasteiger partial charge is 0.350 e. The predicted octanol–water partition coefficient (Wildman–Crippen LogP) is 3.46. The number of rotatable bonds is 7. The van der Waals surface area contributed by atoms with Crippen molar-refractivity contribution < 1.29 is 9.59 Å². The molecule has 0 bridgehead atoms. The van der Waals surface area contributed by atoms with Crippen molar-refractivity contribution in [2.24, 2.45) is 5.92 Å². The molecule has 3 rings (SSSR count). The number of nitrogens with one attached hydrogen (secondary N) is 2. The summed E-state index contributed by atoms with van der Waals surface area (Å²) >= 11 is 3.34. The van der Waals surface area contributed by atoms with Crippen LogP contribution in [0, 0.1) is 5.92 Å². The fourth-order valence-electron chi connectivity index (χ4n) is 3.00. The van der Waals surface area contributed by atoms with Gasteiger partial charge in [0.15, 0.2) is 0 Å². The fraction of sp³-hybridized carbons (Fsp3) is 0.273. The van der Waals surface area contributed by atoms with Gasteiger partial charge in [0.25, 0.3) is 5.56 Å². The first-order chi connectivity index (χ1) is 14.3. The van der Waals surface area contributed by atoms with Gasteiger partial charge in [0.2, 0.25) is 11.8 Å². The summed E-state index contributed by atoms with van der Waals surface area (Å²) in [4.78, 5) is 41.1. The van der Waals surface area contributed by atoms with Crippen LogP contribution in [-0.2, 0) is 22.7 Å². The van der Waals surface area contributed by atoms with Gasteiger partial charge in [-0.2, -0.15) is 0 Å². The third-order valence-corrected chi connectivity index (χ3v) is 4.89. The maximum Gasteiger partial charge on any atom is 0.261 e. The van der Waals surface area contributed by atoms with E-state index in [-0.39, 0.29) is 36.4 Å². The lowest BCUT2D eigenvalue weighted by Gasteiger charge is -2.10. The number of anilines is 1. The first-order valence-electron chi connectivity index (χ1n) is 9.62. The van der Waals surface area contributed by atoms with Crippen molar-refractivity contribution in [2.75, 3.05) is 5.32 Å². The molecule has 0 radical (unpaired) electrons. The number of carbonyl (C=O) groups excluding carboxylic acids is 2. The van der Waals surface area contributed by atoms with Crippen LogP contribution in [0.2, 0.25) is 0 Å². The van der Waals surface area contributed by atoms with Crippen molar-refractivity contribution in [3.05, 3.63) is 69.2 Å². The Morgan fingerprint density at radius 2 is 1.93 bits per heavy atom. The Hall–Kier alpha value is -3.00. The topological polar surface area (TPSA) is 93.1 Å². The molecule has 30 heavy (non-hydrogen) atoms. The fourth-order valence-corrected chi connectivity index (χ4v) is 3.36. The Morgan fingerprint density at radius 1 is 1.13 bits per heavy atom. The third kappa shape index (κ3) is 5.76. The van der Waals surface area contributed by atoms with Crippen LogP contribution in [-0.4, -0.2) is 21.4 Å². The predicted molar refractivity (Wildman–Crippen MR) is 120 cm³/mol. The monoisotopic (exact) mass is 470 g/mol. The Morgan fingerprint density at radius 3 is 2.70 bits per heavy atom. The molecule has 2 N–H and O–H groups in total. The molecule has 2 aromatic carbocycles. The van der Waals surface area contributed by atoms with Gasteiger partial charge >= 0.3 is 0 Å². The van der Waals surface area contributed by atoms with Crippen LogP contribution in [0.5, 0.6) is 0 Å². The maximum atomic E-state index is 12.6. The molecule has 156 valence electrons. The summed E-state index contributed by atoms with van der Waals surface area (Å²) in [5.41, 5.74) is 1.84. The van der Waals surface area contributed by atoms with Gasteiger partial charge in [-0.15, -0.1) is 0 Å². The van der Waals surface area contributed by atoms with Gasteiger partial charge < -0.3 is 10.6 Å². The number of benzene rings is 2. The number of hydrogen-bond donors (Lipinski definition) is 2. The lowest BCUT2D eigenvalue weighted by atomic mass is 10.1. The number of hydrogen-bond acceptors (Lipinski definition) is 4. The maximum absolute atomic E-state index is 12.6. The molecule has 0 unspecified atom stereocenters. The van der Waals surface area contributed by atoms with Gasteiger partial charge in [-0.25, -0.2) is 4.98 Å². The van der Waals surface area contributed by atoms with Crippen molar-refractivity contribution >= 4 is 44.3 Å². The molecule has 0 aliphatic rings. The van der Waals surface area contributed by atoms with E-state index in [0.29, 0.717) is 23.0 Å². The highest BCUT2D eigenvalue weighted by Crippen LogP contribution is 2.15. The summed E-state index contributed by atoms with van der Waals surface area (Å²) < 4.78 is 2.06. The van der Waals surface area contributed by atoms with Gasteiger partial charge in [0.1, 0.15) is 6.54 Å². The Bertz CT molecular complexity index is 1140. The minimum Gasteiger partial charge on any atom is -0.350 e. The third-order valence-electron chi connectivity index (χ3n) is 4.39. The van der Waals surface area contributed by atoms with Crippen LogP contribution in [0.15, 0.2) is 58.1 Å². The molecule has 0 atom stereocenters. The zero-order chi connectivity index (χ0) is 21.7. The minimum atomic E-state index is -0.303. The van der Waals surface area contributed by atoms with Gasteiger partial charge in [0.05, 0.1) is 17.2 Å². The van der Waals surface area contributed by atoms with E-state index < -0.39 is 0 Å². The number of halogens is 1. The van der Waals surface area contributed by atoms with Crippen molar-refractivity contribution in [3.63, 3.8) is 0 Å². The molecule has 0 spiro atoms. The summed E-state index contributed by atoms with van der Waals surface area (Å²) in [6, 6.07) is 12.6. The molecule has 8 heteroatoms. The first kappa shape index (κ1) is 21.7. The highest BCUT2D eigenvalue weighted by Gasteiger charge is 2.09. The minimum absolute atomic E-state index is 0.0407. The lowest BCUT2D eigenvalue weighted by Crippen LogP contribution is -2.32. The van der Waals surface area contributed by atoms with Crippen LogP contribution in [0.3, 0.4) is 0 Å². The van der Waals surface area contributed by atoms with Crippen molar-refractivity contribution in [1.29, 1.82) is 0 Å². The van der Waals surface area contributed by atoms with Crippen molar-refractivity contribution in [3.8, 4) is 0 Å². The molecule has 0 aliphatic heterocycles. The SMILES string of the molecule is CC(C)CC(=O)Nc1cccc(CNC(=O)Cn2cnc3ccc(Br)cc3c2=O)c1. The standard InChI is InChI=1S/C22H23BrN4O3/c1-14(2)8-20(28)26-17-5-3-4-15(9-17)11-24-21(29)12-27-13-25-19-7-6-16(23)10-18(19)22(27)30/h3-7,9-10,13-14H,8,11-12H2,1-2H3,(H,24,29)(H,26,28). The van der Waals surface area contributed by atoms with Crippen LogP contribution < -0.4 is 16.2 Å². The van der Waals surface area contributed by atoms with Crippen molar-refractivity contribution in [1.82, 2.24) is 14.9 Å². The van der Waals surface area contributed by atoms with E-state index in [4.69, 9.17) is 0 Å². The molecule has 7 nitrogen and oxygen atoms in total. The highest BCUT2D eigenvalue weighted by molar-refractivity contribution is 9.10. The lowest BCUT2D eigenvalue weighted by molar-refractivity contribution is -0.122. The second-order valence-corrected chi connectivity index (χ2v) is 8.38. The normalized spacial score (nSPS) is 10.9. The Balaban J connectivity index is 1.62. The molecular weight excluding hydrogens is 448 g/mol. The number of amides is 2. The van der Waals surface area contributed by atoms with E-state index in [9.17, 15) is 14.4 Å². The van der Waals surface area contributed by atoms with E-state index in [0.717, 1.165) is 10.0 Å². The van der Waals surface area contributed by atoms with Crippen LogP contribution in [0.1, 0.15) is 25.8 Å². The number of carbonyl (C=O) groups is 2. The average molecular weight is 471 g/mol. The Labute approximate surface area is 182 Å². The van der Waals surface area contributed by atoms with Gasteiger partial charge in [0, 0.05) is 23.1 Å². The molecule has 1 heterocycles. The van der Waals surface area contributed by atoms with Crippen LogP contribution in [0.4, 0.5) is 5.69 Å². The van der Waals surface area contributed by atoms with Crippen molar-refractivity contribution in [2.45, 2.75) is 33.4 Å². The molecule has 0 saturated heterocycles. The van der Waals surface area contributed by atoms with Gasteiger partial charge in [-0.05, 0) is 41.8 Å². The number of fused-ring (bicyclic) bond motifs is 1. The summed E-state index contributed by atoms with van der Waals surface area (Å²) in [6.07, 6.45) is 1.83. The Kier molecular flexibility index (Phi) is 6.99. The van der Waals surface area contributed by atoms with E-state index >= 15 is 0 Å². The number of nitrogens with zero attached hydrogens (tertiary/aromatic N) is 2. The smallest absolute Gasteiger partial charge is 0.261 e. The van der Waals surface area contributed by atoms with Crippen LogP contribution >= 0.6 is 15.9 Å². The molecule has 3 aromatic rings. The summed E-state index contributed by atoms with van der Waals surface area (Å²) in [7, 11) is 0. The number of aromatic nitrogens is 2. The first-order valence-corrected chi connectivity index (χ1v) is 10.4. The zero-order valence-corrected chi connectivity index (χ0v) is 18.4. The molecule has 0 fully saturated rings. The van der Waals surface area contributed by atoms with Gasteiger partial charge in [-0.3, -0.25) is 19.0 Å². The van der Waals surface area contributed by atoms with E-state index in [1.807, 2.05) is 44.2 Å². The molecule has 1 aromatic heterocycles. The summed E-state index contributed by atoms with van der Waals surface area (Å²) in [6.45, 7) is 4.13. The van der Waals surface area contributed by atoms with E-state index in [2.05, 4.69) is 31.5 Å². The quantitative estimate of drug-likeness (QED) is 0.552. The second-order valence-electron chi connectivity index (χ2n) is 7.46. The molecule has 0 saturated carbocycles. The highest BCUT2D eigenvalue weighted by atomic mass is 79.9. The average Bonchev–Trinajstić information content (AvgIpc) is 2.68. The summed E-state index contributed by atoms with van der Waals surface area (Å²) in [5.74, 6) is -0.0647. The zero-order valence-electron chi connectivity index (χ0n) is 16.8. The van der Waals surface area contributed by atoms with E-state index in [1.165, 1.54) is 10.9 Å². The van der Waals surface area contributed by atoms with E-state index in [1.54, 1.807) is 12.1 Å².